The number of carbonyl (C=O) groups is 2. The number of hydrogen-bond donors (Lipinski definition) is 1. The minimum Gasteiger partial charge on any atom is -0.462 e. The van der Waals surface area contributed by atoms with Gasteiger partial charge in [0.15, 0.2) is 6.10 Å². The van der Waals surface area contributed by atoms with Gasteiger partial charge in [-0.1, -0.05) is 170 Å². The number of allylic oxidation sites excluding steroid dienone is 12. The lowest BCUT2D eigenvalue weighted by Gasteiger charge is -2.15. The van der Waals surface area contributed by atoms with Gasteiger partial charge in [0.2, 0.25) is 0 Å². The van der Waals surface area contributed by atoms with Crippen LogP contribution in [0.25, 0.3) is 0 Å². The van der Waals surface area contributed by atoms with Gasteiger partial charge in [-0.25, -0.2) is 0 Å². The normalized spacial score (nSPS) is 12.9. The van der Waals surface area contributed by atoms with E-state index < -0.39 is 6.10 Å². The Bertz CT molecular complexity index is 957. The molecule has 0 saturated heterocycles. The highest BCUT2D eigenvalue weighted by atomic mass is 16.6. The Morgan fingerprint density at radius 3 is 1.25 bits per heavy atom. The maximum absolute atomic E-state index is 12.2. The molecule has 0 rings (SSSR count). The molecule has 0 aromatic carbocycles. The molecule has 0 aliphatic heterocycles. The first-order chi connectivity index (χ1) is 25.6. The third kappa shape index (κ3) is 40.1. The summed E-state index contributed by atoms with van der Waals surface area (Å²) in [6.45, 7) is 3.98. The molecule has 0 aliphatic carbocycles. The average Bonchev–Trinajstić information content (AvgIpc) is 3.15. The molecule has 0 bridgehead atoms. The van der Waals surface area contributed by atoms with Crippen LogP contribution in [0, 0.1) is 0 Å². The fourth-order valence-electron chi connectivity index (χ4n) is 5.75. The monoisotopic (exact) mass is 725 g/mol. The maximum atomic E-state index is 12.2. The summed E-state index contributed by atoms with van der Waals surface area (Å²) >= 11 is 0. The molecule has 1 N–H and O–H groups in total. The second-order valence-corrected chi connectivity index (χ2v) is 14.0. The minimum atomic E-state index is -0.782. The summed E-state index contributed by atoms with van der Waals surface area (Å²) in [7, 11) is 0. The molecule has 52 heavy (non-hydrogen) atoms. The number of unbranched alkanes of at least 4 members (excludes halogenated alkanes) is 18. The largest absolute Gasteiger partial charge is 0.462 e. The van der Waals surface area contributed by atoms with Crippen LogP contribution in [-0.4, -0.2) is 36.4 Å². The van der Waals surface area contributed by atoms with Crippen LogP contribution in [0.3, 0.4) is 0 Å². The molecule has 0 fully saturated rings. The smallest absolute Gasteiger partial charge is 0.306 e. The number of rotatable bonds is 38. The molecule has 5 nitrogen and oxygen atoms in total. The summed E-state index contributed by atoms with van der Waals surface area (Å²) in [6, 6.07) is 0. The van der Waals surface area contributed by atoms with Crippen LogP contribution in [0.4, 0.5) is 0 Å². The van der Waals surface area contributed by atoms with Crippen LogP contribution in [0.2, 0.25) is 0 Å². The Morgan fingerprint density at radius 1 is 0.462 bits per heavy atom. The molecule has 0 aliphatic rings. The van der Waals surface area contributed by atoms with E-state index in [2.05, 4.69) is 86.8 Å². The molecule has 0 aromatic rings. The fourth-order valence-corrected chi connectivity index (χ4v) is 5.75. The molecule has 0 saturated carbocycles. The molecule has 0 radical (unpaired) electrons. The number of hydrogen-bond acceptors (Lipinski definition) is 5. The van der Waals surface area contributed by atoms with Gasteiger partial charge in [-0.15, -0.1) is 0 Å². The van der Waals surface area contributed by atoms with E-state index >= 15 is 0 Å². The first-order valence-corrected chi connectivity index (χ1v) is 21.5. The van der Waals surface area contributed by atoms with Crippen molar-refractivity contribution in [1.29, 1.82) is 0 Å². The molecule has 1 unspecified atom stereocenters. The van der Waals surface area contributed by atoms with E-state index in [4.69, 9.17) is 9.47 Å². The minimum absolute atomic E-state index is 0.0776. The highest BCUT2D eigenvalue weighted by Gasteiger charge is 2.16. The first-order valence-electron chi connectivity index (χ1n) is 21.5. The zero-order valence-corrected chi connectivity index (χ0v) is 33.8. The third-order valence-electron chi connectivity index (χ3n) is 8.98. The lowest BCUT2D eigenvalue weighted by molar-refractivity contribution is -0.161. The van der Waals surface area contributed by atoms with Crippen molar-refractivity contribution in [3.05, 3.63) is 72.9 Å². The second kappa shape index (κ2) is 42.8. The van der Waals surface area contributed by atoms with E-state index in [0.29, 0.717) is 12.8 Å². The van der Waals surface area contributed by atoms with Gasteiger partial charge >= 0.3 is 11.9 Å². The molecule has 5 heteroatoms. The summed E-state index contributed by atoms with van der Waals surface area (Å²) in [5.41, 5.74) is 0. The van der Waals surface area contributed by atoms with Crippen molar-refractivity contribution >= 4 is 11.9 Å². The second-order valence-electron chi connectivity index (χ2n) is 14.0. The van der Waals surface area contributed by atoms with Gasteiger partial charge in [-0.05, 0) is 83.5 Å². The number of carbonyl (C=O) groups excluding carboxylic acids is 2. The van der Waals surface area contributed by atoms with E-state index in [0.717, 1.165) is 77.0 Å². The van der Waals surface area contributed by atoms with Gasteiger partial charge in [0.05, 0.1) is 6.61 Å². The number of ether oxygens (including phenoxy) is 2. The van der Waals surface area contributed by atoms with Crippen molar-refractivity contribution in [2.24, 2.45) is 0 Å². The maximum Gasteiger partial charge on any atom is 0.306 e. The Balaban J connectivity index is 3.57. The number of aliphatic hydroxyl groups is 1. The van der Waals surface area contributed by atoms with E-state index in [-0.39, 0.29) is 25.2 Å². The van der Waals surface area contributed by atoms with Gasteiger partial charge in [-0.2, -0.15) is 0 Å². The molecular formula is C47H80O5. The van der Waals surface area contributed by atoms with Crippen LogP contribution in [-0.2, 0) is 19.1 Å². The van der Waals surface area contributed by atoms with E-state index in [1.807, 2.05) is 0 Å². The van der Waals surface area contributed by atoms with Gasteiger partial charge in [0.25, 0.3) is 0 Å². The van der Waals surface area contributed by atoms with Crippen LogP contribution in [0.15, 0.2) is 72.9 Å². The topological polar surface area (TPSA) is 72.8 Å². The van der Waals surface area contributed by atoms with Gasteiger partial charge in [-0.3, -0.25) is 9.59 Å². The Labute approximate surface area is 321 Å². The SMILES string of the molecule is CC/C=C\C/C=C\C/C=C\C/C=C\CCCCCCCCCCCCC(=O)OC(CO)COC(=O)CCCCCCC/C=C\C/C=C\CCCCC. The van der Waals surface area contributed by atoms with E-state index in [9.17, 15) is 14.7 Å². The summed E-state index contributed by atoms with van der Waals surface area (Å²) in [5, 5.41) is 9.58. The quantitative estimate of drug-likeness (QED) is 0.0390. The number of aliphatic hydroxyl groups excluding tert-OH is 1. The predicted octanol–water partition coefficient (Wildman–Crippen LogP) is 13.7. The highest BCUT2D eigenvalue weighted by molar-refractivity contribution is 5.70. The van der Waals surface area contributed by atoms with Gasteiger partial charge in [0, 0.05) is 12.8 Å². The Kier molecular flexibility index (Phi) is 40.6. The van der Waals surface area contributed by atoms with Crippen LogP contribution < -0.4 is 0 Å². The lowest BCUT2D eigenvalue weighted by atomic mass is 10.0. The Morgan fingerprint density at radius 2 is 0.827 bits per heavy atom. The van der Waals surface area contributed by atoms with Crippen molar-refractivity contribution in [3.8, 4) is 0 Å². The van der Waals surface area contributed by atoms with Gasteiger partial charge in [0.1, 0.15) is 6.61 Å². The van der Waals surface area contributed by atoms with Crippen molar-refractivity contribution < 1.29 is 24.2 Å². The van der Waals surface area contributed by atoms with E-state index in [1.165, 1.54) is 89.9 Å². The molecule has 0 spiro atoms. The zero-order chi connectivity index (χ0) is 37.8. The van der Waals surface area contributed by atoms with Gasteiger partial charge < -0.3 is 14.6 Å². The van der Waals surface area contributed by atoms with Crippen molar-refractivity contribution in [3.63, 3.8) is 0 Å². The van der Waals surface area contributed by atoms with Crippen molar-refractivity contribution in [2.75, 3.05) is 13.2 Å². The third-order valence-corrected chi connectivity index (χ3v) is 8.98. The molecule has 0 heterocycles. The summed E-state index contributed by atoms with van der Waals surface area (Å²) in [6.07, 6.45) is 56.8. The first kappa shape index (κ1) is 49.3. The number of esters is 2. The fraction of sp³-hybridized carbons (Fsp3) is 0.702. The van der Waals surface area contributed by atoms with Crippen LogP contribution >= 0.6 is 0 Å². The standard InChI is InChI=1S/C47H80O5/c1-3-5-7-9-11-13-15-17-19-20-21-22-23-24-25-26-28-30-32-34-36-38-40-42-47(50)52-45(43-48)44-51-46(49)41-39-37-35-33-31-29-27-18-16-14-12-10-8-6-4-2/h5,7,11-14,17-19,21-22,27,45,48H,3-4,6,8-10,15-16,20,23-26,28-44H2,1-2H3/b7-5-,13-11-,14-12-,19-17-,22-21-,27-18-. The zero-order valence-electron chi connectivity index (χ0n) is 33.8. The average molecular weight is 725 g/mol. The van der Waals surface area contributed by atoms with Crippen molar-refractivity contribution in [2.45, 2.75) is 200 Å². The molecule has 1 atom stereocenters. The molecule has 0 amide bonds. The highest BCUT2D eigenvalue weighted by Crippen LogP contribution is 2.13. The summed E-state index contributed by atoms with van der Waals surface area (Å²) in [5.74, 6) is -0.615. The summed E-state index contributed by atoms with van der Waals surface area (Å²) < 4.78 is 10.6. The molecule has 0 aromatic heterocycles. The summed E-state index contributed by atoms with van der Waals surface area (Å²) in [4.78, 5) is 24.3. The van der Waals surface area contributed by atoms with Crippen LogP contribution in [0.5, 0.6) is 0 Å². The molecular weight excluding hydrogens is 645 g/mol. The Hall–Kier alpha value is -2.66. The lowest BCUT2D eigenvalue weighted by Crippen LogP contribution is -2.28. The molecule has 298 valence electrons. The van der Waals surface area contributed by atoms with Crippen molar-refractivity contribution in [1.82, 2.24) is 0 Å². The van der Waals surface area contributed by atoms with Crippen LogP contribution in [0.1, 0.15) is 194 Å². The predicted molar refractivity (Wildman–Crippen MR) is 223 cm³/mol. The van der Waals surface area contributed by atoms with E-state index in [1.54, 1.807) is 0 Å².